The molecule has 2 aliphatic rings. The number of anilines is 2. The Morgan fingerprint density at radius 2 is 1.80 bits per heavy atom. The number of benzene rings is 2. The maximum Gasteiger partial charge on any atom is 0.291 e. The van der Waals surface area contributed by atoms with Gasteiger partial charge in [0.1, 0.15) is 12.1 Å². The summed E-state index contributed by atoms with van der Waals surface area (Å²) in [6.45, 7) is 4.57. The molecule has 1 atom stereocenters. The number of fused-ring (bicyclic) bond motifs is 1. The van der Waals surface area contributed by atoms with Gasteiger partial charge in [-0.1, -0.05) is 18.2 Å². The molecule has 1 unspecified atom stereocenters. The Morgan fingerprint density at radius 3 is 2.51 bits per heavy atom. The van der Waals surface area contributed by atoms with Crippen molar-refractivity contribution in [1.82, 2.24) is 14.9 Å². The Labute approximate surface area is 206 Å². The molecular weight excluding hydrogens is 464 g/mol. The topological polar surface area (TPSA) is 98.5 Å². The molecule has 0 spiro atoms. The molecule has 182 valence electrons. The third-order valence-electron chi connectivity index (χ3n) is 6.48. The molecular formula is C25H29N6O3S+. The van der Waals surface area contributed by atoms with Crippen LogP contribution in [0.5, 0.6) is 0 Å². The van der Waals surface area contributed by atoms with Crippen molar-refractivity contribution >= 4 is 39.3 Å². The van der Waals surface area contributed by atoms with E-state index in [0.29, 0.717) is 26.2 Å². The molecule has 0 saturated carbocycles. The van der Waals surface area contributed by atoms with E-state index in [9.17, 15) is 13.2 Å². The van der Waals surface area contributed by atoms with E-state index in [1.54, 1.807) is 24.3 Å². The molecule has 2 aromatic carbocycles. The average molecular weight is 494 g/mol. The number of para-hydroxylation sites is 1. The molecule has 0 aliphatic carbocycles. The molecule has 0 bridgehead atoms. The summed E-state index contributed by atoms with van der Waals surface area (Å²) >= 11 is 0. The highest BCUT2D eigenvalue weighted by Gasteiger charge is 2.35. The second-order valence-corrected chi connectivity index (χ2v) is 10.3. The van der Waals surface area contributed by atoms with E-state index in [0.717, 1.165) is 17.8 Å². The Bertz CT molecular complexity index is 1360. The fourth-order valence-corrected chi connectivity index (χ4v) is 5.56. The molecule has 1 aromatic heterocycles. The van der Waals surface area contributed by atoms with Crippen molar-refractivity contribution in [3.8, 4) is 0 Å². The van der Waals surface area contributed by atoms with E-state index in [2.05, 4.69) is 42.5 Å². The Balaban J connectivity index is 0.00000304. The zero-order valence-electron chi connectivity index (χ0n) is 19.4. The summed E-state index contributed by atoms with van der Waals surface area (Å²) in [7, 11) is -3.74. The summed E-state index contributed by atoms with van der Waals surface area (Å²) in [5.41, 5.74) is 3.28. The number of nitrogens with zero attached hydrogens (tertiary/aromatic N) is 5. The highest BCUT2D eigenvalue weighted by Crippen LogP contribution is 2.26. The van der Waals surface area contributed by atoms with Gasteiger partial charge in [-0.25, -0.2) is 18.4 Å². The third-order valence-corrected chi connectivity index (χ3v) is 7.85. The van der Waals surface area contributed by atoms with Gasteiger partial charge in [0.05, 0.1) is 11.3 Å². The number of hydrogen-bond acceptors (Lipinski definition) is 6. The van der Waals surface area contributed by atoms with Crippen LogP contribution in [0, 0.1) is 0 Å². The molecule has 9 nitrogen and oxygen atoms in total. The van der Waals surface area contributed by atoms with E-state index in [1.165, 1.54) is 24.2 Å². The molecule has 10 heteroatoms. The third kappa shape index (κ3) is 4.74. The maximum absolute atomic E-state index is 13.2. The maximum atomic E-state index is 13.2. The molecule has 35 heavy (non-hydrogen) atoms. The minimum absolute atomic E-state index is 0. The number of rotatable bonds is 6. The van der Waals surface area contributed by atoms with Crippen molar-refractivity contribution in [2.45, 2.75) is 24.3 Å². The Hall–Kier alpha value is -3.79. The lowest BCUT2D eigenvalue weighted by Crippen LogP contribution is -2.52. The lowest BCUT2D eigenvalue weighted by molar-refractivity contribution is -0.460. The SMILES string of the molecule is CC(C(=O)N1CCN(c2ccc(S(=O)(=O)Nc3ccncn3)cc2)CC1)[N+]1=CCc2ccccc21.[HH]. The minimum Gasteiger partial charge on any atom is -0.368 e. The normalized spacial score (nSPS) is 16.4. The lowest BCUT2D eigenvalue weighted by Gasteiger charge is -2.36. The molecule has 5 rings (SSSR count). The van der Waals surface area contributed by atoms with Crippen molar-refractivity contribution in [3.05, 3.63) is 72.7 Å². The number of sulfonamides is 1. The van der Waals surface area contributed by atoms with Crippen molar-refractivity contribution in [3.63, 3.8) is 0 Å². The van der Waals surface area contributed by atoms with Gasteiger partial charge in [-0.3, -0.25) is 9.52 Å². The number of amides is 1. The first-order valence-electron chi connectivity index (χ1n) is 11.5. The number of aromatic nitrogens is 2. The van der Waals surface area contributed by atoms with Crippen LogP contribution in [0.4, 0.5) is 17.2 Å². The summed E-state index contributed by atoms with van der Waals surface area (Å²) in [5.74, 6) is 0.337. The van der Waals surface area contributed by atoms with Gasteiger partial charge in [-0.15, -0.1) is 0 Å². The van der Waals surface area contributed by atoms with Gasteiger partial charge in [0.15, 0.2) is 6.21 Å². The van der Waals surface area contributed by atoms with Gasteiger partial charge in [0.2, 0.25) is 11.7 Å². The second-order valence-electron chi connectivity index (χ2n) is 8.61. The van der Waals surface area contributed by atoms with Crippen molar-refractivity contribution in [2.75, 3.05) is 35.8 Å². The Kier molecular flexibility index (Phi) is 6.21. The summed E-state index contributed by atoms with van der Waals surface area (Å²) in [6.07, 6.45) is 5.70. The molecule has 1 fully saturated rings. The minimum atomic E-state index is -3.74. The van der Waals surface area contributed by atoms with Crippen LogP contribution in [0.3, 0.4) is 0 Å². The van der Waals surface area contributed by atoms with Gasteiger partial charge in [-0.05, 0) is 30.3 Å². The molecule has 2 aliphatic heterocycles. The molecule has 1 amide bonds. The van der Waals surface area contributed by atoms with Gasteiger partial charge >= 0.3 is 0 Å². The molecule has 3 aromatic rings. The number of hydrogen-bond donors (Lipinski definition) is 1. The monoisotopic (exact) mass is 493 g/mol. The second kappa shape index (κ2) is 9.46. The fraction of sp³-hybridized carbons (Fsp3) is 0.280. The lowest BCUT2D eigenvalue weighted by atomic mass is 10.1. The van der Waals surface area contributed by atoms with Crippen LogP contribution in [0.2, 0.25) is 0 Å². The standard InChI is InChI=1S/C25H27N6O3S.H2/c1-19(31-13-11-20-4-2-3-5-23(20)31)25(32)30-16-14-29(15-17-30)21-6-8-22(9-7-21)35(33,34)28-24-10-12-26-18-27-24;/h2-10,12-13,18-19H,11,14-17H2,1H3,(H,26,27,28);1H/q+1;. The highest BCUT2D eigenvalue weighted by molar-refractivity contribution is 7.92. The predicted octanol–water partition coefficient (Wildman–Crippen LogP) is 2.53. The first-order chi connectivity index (χ1) is 16.9. The van der Waals surface area contributed by atoms with Gasteiger partial charge in [0.25, 0.3) is 15.9 Å². The summed E-state index contributed by atoms with van der Waals surface area (Å²) < 4.78 is 29.8. The highest BCUT2D eigenvalue weighted by atomic mass is 32.2. The van der Waals surface area contributed by atoms with Crippen LogP contribution in [-0.2, 0) is 21.2 Å². The fourth-order valence-electron chi connectivity index (χ4n) is 4.55. The molecule has 0 radical (unpaired) electrons. The van der Waals surface area contributed by atoms with Crippen LogP contribution in [0.25, 0.3) is 0 Å². The van der Waals surface area contributed by atoms with Crippen LogP contribution < -0.4 is 9.62 Å². The van der Waals surface area contributed by atoms with Crippen LogP contribution in [0.1, 0.15) is 13.9 Å². The van der Waals surface area contributed by atoms with Gasteiger partial charge in [0, 0.05) is 58.0 Å². The van der Waals surface area contributed by atoms with E-state index < -0.39 is 10.0 Å². The van der Waals surface area contributed by atoms with Crippen molar-refractivity contribution < 1.29 is 19.2 Å². The average Bonchev–Trinajstić information content (AvgIpc) is 3.33. The van der Waals surface area contributed by atoms with E-state index in [-0.39, 0.29) is 24.1 Å². The molecule has 3 heterocycles. The van der Waals surface area contributed by atoms with Gasteiger partial charge in [-0.2, -0.15) is 4.58 Å². The largest absolute Gasteiger partial charge is 0.368 e. The molecule has 1 N–H and O–H groups in total. The number of carbonyl (C=O) groups excluding carboxylic acids is 1. The van der Waals surface area contributed by atoms with E-state index >= 15 is 0 Å². The molecule has 1 saturated heterocycles. The number of nitrogens with one attached hydrogen (secondary N) is 1. The number of carbonyl (C=O) groups is 1. The summed E-state index contributed by atoms with van der Waals surface area (Å²) in [5, 5.41) is 0. The van der Waals surface area contributed by atoms with Gasteiger partial charge < -0.3 is 9.80 Å². The first kappa shape index (κ1) is 23.0. The van der Waals surface area contributed by atoms with E-state index in [4.69, 9.17) is 0 Å². The summed E-state index contributed by atoms with van der Waals surface area (Å²) in [4.78, 5) is 25.1. The quantitative estimate of drug-likeness (QED) is 0.530. The first-order valence-corrected chi connectivity index (χ1v) is 13.0. The predicted molar refractivity (Wildman–Crippen MR) is 136 cm³/mol. The van der Waals surface area contributed by atoms with E-state index in [1.807, 2.05) is 24.0 Å². The van der Waals surface area contributed by atoms with Crippen LogP contribution in [-0.4, -0.2) is 72.2 Å². The summed E-state index contributed by atoms with van der Waals surface area (Å²) in [6, 6.07) is 16.2. The van der Waals surface area contributed by atoms with Crippen molar-refractivity contribution in [2.24, 2.45) is 0 Å². The Morgan fingerprint density at radius 1 is 1.06 bits per heavy atom. The van der Waals surface area contributed by atoms with Crippen LogP contribution in [0.15, 0.2) is 72.0 Å². The van der Waals surface area contributed by atoms with Crippen molar-refractivity contribution in [1.29, 1.82) is 0 Å². The number of piperazine rings is 1. The zero-order valence-corrected chi connectivity index (χ0v) is 20.2. The van der Waals surface area contributed by atoms with Crippen LogP contribution >= 0.6 is 0 Å². The zero-order chi connectivity index (χ0) is 24.4. The smallest absolute Gasteiger partial charge is 0.291 e.